The lowest BCUT2D eigenvalue weighted by Crippen LogP contribution is -2.13. The third-order valence-electron chi connectivity index (χ3n) is 4.36. The number of rotatable bonds is 4. The van der Waals surface area contributed by atoms with E-state index in [1.54, 1.807) is 12.5 Å². The largest absolute Gasteiger partial charge is 0.454 e. The number of ether oxygens (including phenoxy) is 2. The maximum atomic E-state index is 5.46. The number of benzene rings is 1. The lowest BCUT2D eigenvalue weighted by Gasteiger charge is -2.19. The Balaban J connectivity index is 1.45. The van der Waals surface area contributed by atoms with Crippen LogP contribution in [0.25, 0.3) is 5.95 Å². The van der Waals surface area contributed by atoms with Crippen LogP contribution in [0.5, 0.6) is 11.5 Å². The molecule has 0 amide bonds. The summed E-state index contributed by atoms with van der Waals surface area (Å²) in [5.74, 6) is 4.21. The summed E-state index contributed by atoms with van der Waals surface area (Å²) in [6.45, 7) is 0.945. The van der Waals surface area contributed by atoms with Crippen LogP contribution in [0.3, 0.4) is 0 Å². The van der Waals surface area contributed by atoms with E-state index in [4.69, 9.17) is 19.4 Å². The second-order valence-electron chi connectivity index (χ2n) is 6.11. The minimum atomic E-state index is 0.288. The first kappa shape index (κ1) is 15.5. The molecule has 0 fully saturated rings. The average Bonchev–Trinajstić information content (AvgIpc) is 3.37. The van der Waals surface area contributed by atoms with Gasteiger partial charge in [0.1, 0.15) is 12.1 Å². The van der Waals surface area contributed by atoms with E-state index in [0.29, 0.717) is 12.5 Å². The summed E-state index contributed by atoms with van der Waals surface area (Å²) >= 11 is 1.82. The Labute approximate surface area is 154 Å². The van der Waals surface area contributed by atoms with Crippen molar-refractivity contribution in [3.63, 3.8) is 0 Å². The van der Waals surface area contributed by atoms with Gasteiger partial charge < -0.3 is 14.8 Å². The van der Waals surface area contributed by atoms with Crippen LogP contribution >= 0.6 is 11.8 Å². The van der Waals surface area contributed by atoms with Crippen molar-refractivity contribution in [1.29, 1.82) is 0 Å². The molecular formula is C18H17N5O2S. The Bertz CT molecular complexity index is 945. The number of thioether (sulfide) groups is 1. The molecule has 0 bridgehead atoms. The zero-order chi connectivity index (χ0) is 17.3. The lowest BCUT2D eigenvalue weighted by molar-refractivity contribution is 0.174. The van der Waals surface area contributed by atoms with Crippen molar-refractivity contribution in [3.8, 4) is 17.4 Å². The maximum absolute atomic E-state index is 5.46. The van der Waals surface area contributed by atoms with E-state index < -0.39 is 0 Å². The smallest absolute Gasteiger partial charge is 0.237 e. The molecule has 2 aliphatic rings. The highest BCUT2D eigenvalue weighted by Gasteiger charge is 2.19. The summed E-state index contributed by atoms with van der Waals surface area (Å²) in [6, 6.07) is 5.99. The number of aromatic nitrogens is 4. The highest BCUT2D eigenvalue weighted by Crippen LogP contribution is 2.36. The Morgan fingerprint density at radius 1 is 1.19 bits per heavy atom. The van der Waals surface area contributed by atoms with Crippen molar-refractivity contribution < 1.29 is 9.47 Å². The molecule has 1 N–H and O–H groups in total. The Kier molecular flexibility index (Phi) is 3.89. The van der Waals surface area contributed by atoms with Crippen LogP contribution in [-0.4, -0.2) is 32.1 Å². The summed E-state index contributed by atoms with van der Waals surface area (Å²) in [5.41, 5.74) is 2.22. The van der Waals surface area contributed by atoms with Gasteiger partial charge in [0.25, 0.3) is 0 Å². The van der Waals surface area contributed by atoms with Crippen molar-refractivity contribution in [2.75, 3.05) is 17.9 Å². The quantitative estimate of drug-likeness (QED) is 0.760. The van der Waals surface area contributed by atoms with E-state index in [1.807, 2.05) is 40.7 Å². The highest BCUT2D eigenvalue weighted by atomic mass is 32.2. The average molecular weight is 367 g/mol. The molecule has 4 heterocycles. The van der Waals surface area contributed by atoms with E-state index >= 15 is 0 Å². The van der Waals surface area contributed by atoms with Crippen LogP contribution in [0.2, 0.25) is 0 Å². The number of fused-ring (bicyclic) bond motifs is 2. The van der Waals surface area contributed by atoms with Gasteiger partial charge in [-0.1, -0.05) is 6.07 Å². The molecule has 3 aromatic rings. The zero-order valence-electron chi connectivity index (χ0n) is 14.0. The van der Waals surface area contributed by atoms with Crippen molar-refractivity contribution in [2.24, 2.45) is 0 Å². The molecule has 0 radical (unpaired) electrons. The van der Waals surface area contributed by atoms with Gasteiger partial charge in [0.15, 0.2) is 11.5 Å². The van der Waals surface area contributed by atoms with Gasteiger partial charge in [-0.25, -0.2) is 9.97 Å². The topological polar surface area (TPSA) is 74.1 Å². The summed E-state index contributed by atoms with van der Waals surface area (Å²) < 4.78 is 12.7. The molecule has 2 aliphatic heterocycles. The Hall–Kier alpha value is -2.74. The maximum Gasteiger partial charge on any atom is 0.237 e. The van der Waals surface area contributed by atoms with Crippen LogP contribution in [0.1, 0.15) is 17.7 Å². The van der Waals surface area contributed by atoms with Crippen LogP contribution < -0.4 is 14.8 Å². The number of nitrogens with one attached hydrogen (secondary N) is 1. The van der Waals surface area contributed by atoms with Crippen molar-refractivity contribution in [3.05, 3.63) is 48.2 Å². The molecule has 0 unspecified atom stereocenters. The molecule has 0 saturated heterocycles. The summed E-state index contributed by atoms with van der Waals surface area (Å²) in [4.78, 5) is 14.7. The SMILES string of the molecule is c1cn(-c2nc3c(c(NCc4ccc5c(c4)OCO5)n2)SCCC3)cn1. The van der Waals surface area contributed by atoms with Crippen LogP contribution in [0.15, 0.2) is 41.8 Å². The molecule has 1 aromatic carbocycles. The van der Waals surface area contributed by atoms with Gasteiger partial charge in [-0.05, 0) is 36.3 Å². The first-order valence-corrected chi connectivity index (χ1v) is 9.50. The molecule has 0 spiro atoms. The number of hydrogen-bond donors (Lipinski definition) is 1. The fourth-order valence-electron chi connectivity index (χ4n) is 3.07. The van der Waals surface area contributed by atoms with E-state index in [9.17, 15) is 0 Å². The molecule has 8 heteroatoms. The number of nitrogens with zero attached hydrogens (tertiary/aromatic N) is 4. The summed E-state index contributed by atoms with van der Waals surface area (Å²) in [5, 5.41) is 3.48. The lowest BCUT2D eigenvalue weighted by atomic mass is 10.2. The van der Waals surface area contributed by atoms with Gasteiger partial charge in [-0.15, -0.1) is 11.8 Å². The van der Waals surface area contributed by atoms with Gasteiger partial charge in [-0.3, -0.25) is 4.57 Å². The molecular weight excluding hydrogens is 350 g/mol. The predicted molar refractivity (Wildman–Crippen MR) is 98.1 cm³/mol. The van der Waals surface area contributed by atoms with Crippen molar-refractivity contribution in [1.82, 2.24) is 19.5 Å². The Morgan fingerprint density at radius 3 is 3.08 bits per heavy atom. The van der Waals surface area contributed by atoms with E-state index in [1.165, 1.54) is 0 Å². The minimum Gasteiger partial charge on any atom is -0.454 e. The second kappa shape index (κ2) is 6.53. The van der Waals surface area contributed by atoms with Crippen LogP contribution in [0.4, 0.5) is 5.82 Å². The van der Waals surface area contributed by atoms with E-state index in [2.05, 4.69) is 10.3 Å². The normalized spacial score (nSPS) is 14.9. The monoisotopic (exact) mass is 367 g/mol. The molecule has 0 atom stereocenters. The van der Waals surface area contributed by atoms with Gasteiger partial charge in [0.05, 0.1) is 10.6 Å². The zero-order valence-corrected chi connectivity index (χ0v) is 14.8. The van der Waals surface area contributed by atoms with Gasteiger partial charge in [0, 0.05) is 18.9 Å². The molecule has 0 aliphatic carbocycles. The number of imidazole rings is 1. The standard InChI is InChI=1S/C18H17N5O2S/c1-2-13-16(26-7-1)17(22-18(21-13)23-6-5-19-10-23)20-9-12-3-4-14-15(8-12)25-11-24-14/h3-6,8,10H,1-2,7,9,11H2,(H,20,21,22). The van der Waals surface area contributed by atoms with Crippen LogP contribution in [0, 0.1) is 0 Å². The van der Waals surface area contributed by atoms with Crippen LogP contribution in [-0.2, 0) is 13.0 Å². The first-order chi connectivity index (χ1) is 12.9. The van der Waals surface area contributed by atoms with E-state index in [0.717, 1.165) is 52.1 Å². The molecule has 132 valence electrons. The fraction of sp³-hybridized carbons (Fsp3) is 0.278. The van der Waals surface area contributed by atoms with Crippen molar-refractivity contribution >= 4 is 17.6 Å². The van der Waals surface area contributed by atoms with E-state index in [-0.39, 0.29) is 6.79 Å². The first-order valence-electron chi connectivity index (χ1n) is 8.51. The number of anilines is 1. The minimum absolute atomic E-state index is 0.288. The highest BCUT2D eigenvalue weighted by molar-refractivity contribution is 7.99. The van der Waals surface area contributed by atoms with Gasteiger partial charge in [-0.2, -0.15) is 4.98 Å². The number of hydrogen-bond acceptors (Lipinski definition) is 7. The Morgan fingerprint density at radius 2 is 2.15 bits per heavy atom. The fourth-order valence-corrected chi connectivity index (χ4v) is 4.13. The van der Waals surface area contributed by atoms with Gasteiger partial charge in [0.2, 0.25) is 12.7 Å². The summed E-state index contributed by atoms with van der Waals surface area (Å²) in [6.07, 6.45) is 7.43. The third kappa shape index (κ3) is 2.86. The number of aryl methyl sites for hydroxylation is 1. The second-order valence-corrected chi connectivity index (χ2v) is 7.22. The molecule has 2 aromatic heterocycles. The molecule has 5 rings (SSSR count). The van der Waals surface area contributed by atoms with Crippen molar-refractivity contribution in [2.45, 2.75) is 24.3 Å². The molecule has 0 saturated carbocycles. The summed E-state index contributed by atoms with van der Waals surface area (Å²) in [7, 11) is 0. The molecule has 7 nitrogen and oxygen atoms in total. The molecule has 26 heavy (non-hydrogen) atoms. The predicted octanol–water partition coefficient (Wildman–Crippen LogP) is 3.04. The van der Waals surface area contributed by atoms with Gasteiger partial charge >= 0.3 is 0 Å². The third-order valence-corrected chi connectivity index (χ3v) is 5.57.